The van der Waals surface area contributed by atoms with Gasteiger partial charge in [-0.2, -0.15) is 0 Å². The lowest BCUT2D eigenvalue weighted by molar-refractivity contribution is -0.136. The predicted octanol–water partition coefficient (Wildman–Crippen LogP) is 1.90. The van der Waals surface area contributed by atoms with Gasteiger partial charge in [-0.3, -0.25) is 0 Å². The molecule has 19 heavy (non-hydrogen) atoms. The maximum absolute atomic E-state index is 12.0. The molecular formula is C13H13IN2O3. The molecule has 1 aromatic rings. The van der Waals surface area contributed by atoms with E-state index in [4.69, 9.17) is 4.74 Å². The van der Waals surface area contributed by atoms with Crippen LogP contribution in [0.5, 0.6) is 0 Å². The zero-order valence-corrected chi connectivity index (χ0v) is 12.4. The van der Waals surface area contributed by atoms with Gasteiger partial charge in [-0.1, -0.05) is 52.9 Å². The summed E-state index contributed by atoms with van der Waals surface area (Å²) < 4.78 is 5.34. The molecule has 2 N–H and O–H groups in total. The normalized spacial score (nSPS) is 18.6. The molecule has 1 atom stereocenters. The van der Waals surface area contributed by atoms with Crippen LogP contribution in [0.2, 0.25) is 0 Å². The minimum absolute atomic E-state index is 0.312. The highest BCUT2D eigenvalue weighted by Gasteiger charge is 2.32. The summed E-state index contributed by atoms with van der Waals surface area (Å²) in [5.74, 6) is -0.437. The standard InChI is InChI=1S/C13H13IN2O3/c1-19-12(17)10-9(7-14)15-13(18)16-11(10)8-5-3-2-4-6-8/h2-6,11H,7H2,1H3,(H2,15,16,18). The molecule has 1 aliphatic heterocycles. The van der Waals surface area contributed by atoms with Crippen molar-refractivity contribution in [1.29, 1.82) is 0 Å². The van der Waals surface area contributed by atoms with E-state index in [1.54, 1.807) is 0 Å². The van der Waals surface area contributed by atoms with Gasteiger partial charge in [0.25, 0.3) is 0 Å². The fourth-order valence-electron chi connectivity index (χ4n) is 1.97. The van der Waals surface area contributed by atoms with Crippen molar-refractivity contribution >= 4 is 34.6 Å². The largest absolute Gasteiger partial charge is 0.466 e. The van der Waals surface area contributed by atoms with Gasteiger partial charge in [0.05, 0.1) is 18.7 Å². The highest BCUT2D eigenvalue weighted by Crippen LogP contribution is 2.27. The summed E-state index contributed by atoms with van der Waals surface area (Å²) in [6, 6.07) is 8.55. The molecule has 0 radical (unpaired) electrons. The van der Waals surface area contributed by atoms with Crippen LogP contribution in [0, 0.1) is 0 Å². The second-order valence-electron chi connectivity index (χ2n) is 3.96. The zero-order valence-electron chi connectivity index (χ0n) is 10.3. The number of halogens is 1. The average Bonchev–Trinajstić information content (AvgIpc) is 2.46. The van der Waals surface area contributed by atoms with Gasteiger partial charge in [-0.15, -0.1) is 0 Å². The Hall–Kier alpha value is -1.57. The Bertz CT molecular complexity index is 528. The number of benzene rings is 1. The molecule has 1 heterocycles. The first-order valence-corrected chi connectivity index (χ1v) is 7.19. The number of ether oxygens (including phenoxy) is 1. The zero-order chi connectivity index (χ0) is 13.8. The number of methoxy groups -OCH3 is 1. The van der Waals surface area contributed by atoms with Crippen LogP contribution >= 0.6 is 22.6 Å². The number of hydrogen-bond acceptors (Lipinski definition) is 3. The van der Waals surface area contributed by atoms with Crippen LogP contribution in [-0.2, 0) is 9.53 Å². The molecule has 2 rings (SSSR count). The van der Waals surface area contributed by atoms with E-state index in [1.165, 1.54) is 7.11 Å². The van der Waals surface area contributed by atoms with Gasteiger partial charge in [-0.05, 0) is 5.56 Å². The molecule has 2 amide bonds. The monoisotopic (exact) mass is 372 g/mol. The molecule has 0 bridgehead atoms. The van der Waals surface area contributed by atoms with Crippen molar-refractivity contribution < 1.29 is 14.3 Å². The summed E-state index contributed by atoms with van der Waals surface area (Å²) in [6.07, 6.45) is 0. The predicted molar refractivity (Wildman–Crippen MR) is 78.8 cm³/mol. The number of carbonyl (C=O) groups is 2. The molecular weight excluding hydrogens is 359 g/mol. The third kappa shape index (κ3) is 2.89. The molecule has 1 aromatic carbocycles. The number of esters is 1. The van der Waals surface area contributed by atoms with E-state index < -0.39 is 12.0 Å². The Morgan fingerprint density at radius 1 is 1.37 bits per heavy atom. The van der Waals surface area contributed by atoms with E-state index in [1.807, 2.05) is 30.3 Å². The van der Waals surface area contributed by atoms with Gasteiger partial charge < -0.3 is 15.4 Å². The smallest absolute Gasteiger partial charge is 0.338 e. The fraction of sp³-hybridized carbons (Fsp3) is 0.231. The van der Waals surface area contributed by atoms with Gasteiger partial charge >= 0.3 is 12.0 Å². The third-order valence-corrected chi connectivity index (χ3v) is 3.59. The van der Waals surface area contributed by atoms with Gasteiger partial charge in [0.2, 0.25) is 0 Å². The van der Waals surface area contributed by atoms with Gasteiger partial charge in [-0.25, -0.2) is 9.59 Å². The number of alkyl halides is 1. The van der Waals surface area contributed by atoms with E-state index in [-0.39, 0.29) is 6.03 Å². The van der Waals surface area contributed by atoms with Crippen LogP contribution in [0.15, 0.2) is 41.6 Å². The molecule has 0 aliphatic carbocycles. The van der Waals surface area contributed by atoms with Gasteiger partial charge in [0.15, 0.2) is 0 Å². The Kier molecular flexibility index (Phi) is 4.41. The quantitative estimate of drug-likeness (QED) is 0.484. The van der Waals surface area contributed by atoms with E-state index in [2.05, 4.69) is 33.2 Å². The Morgan fingerprint density at radius 3 is 2.63 bits per heavy atom. The Morgan fingerprint density at radius 2 is 2.05 bits per heavy atom. The van der Waals surface area contributed by atoms with Crippen molar-refractivity contribution in [2.24, 2.45) is 0 Å². The summed E-state index contributed by atoms with van der Waals surface area (Å²) in [5, 5.41) is 5.40. The van der Waals surface area contributed by atoms with Gasteiger partial charge in [0, 0.05) is 10.1 Å². The summed E-state index contributed by atoms with van der Waals surface area (Å²) in [7, 11) is 1.33. The topological polar surface area (TPSA) is 67.4 Å². The number of hydrogen-bond donors (Lipinski definition) is 2. The first-order chi connectivity index (χ1) is 9.17. The molecule has 100 valence electrons. The first kappa shape index (κ1) is 13.9. The first-order valence-electron chi connectivity index (χ1n) is 5.67. The SMILES string of the molecule is COC(=O)C1=C(CI)NC(=O)NC1c1ccccc1. The van der Waals surface area contributed by atoms with E-state index in [9.17, 15) is 9.59 Å². The molecule has 0 aromatic heterocycles. The fourth-order valence-corrected chi connectivity index (χ4v) is 2.57. The summed E-state index contributed by atoms with van der Waals surface area (Å²) in [5.41, 5.74) is 1.88. The van der Waals surface area contributed by atoms with Crippen LogP contribution in [0.3, 0.4) is 0 Å². The molecule has 0 spiro atoms. The van der Waals surface area contributed by atoms with E-state index >= 15 is 0 Å². The van der Waals surface area contributed by atoms with Crippen molar-refractivity contribution in [3.63, 3.8) is 0 Å². The number of urea groups is 1. The van der Waals surface area contributed by atoms with Crippen LogP contribution in [0.1, 0.15) is 11.6 Å². The lowest BCUT2D eigenvalue weighted by atomic mass is 9.96. The molecule has 1 aliphatic rings. The van der Waals surface area contributed by atoms with Crippen LogP contribution < -0.4 is 10.6 Å². The van der Waals surface area contributed by atoms with Crippen molar-refractivity contribution in [2.75, 3.05) is 11.5 Å². The number of rotatable bonds is 3. The maximum atomic E-state index is 12.0. The Balaban J connectivity index is 2.50. The molecule has 1 unspecified atom stereocenters. The third-order valence-electron chi connectivity index (χ3n) is 2.83. The second kappa shape index (κ2) is 6.05. The minimum atomic E-state index is -0.479. The summed E-state index contributed by atoms with van der Waals surface area (Å²) in [6.45, 7) is 0. The molecule has 5 nitrogen and oxygen atoms in total. The molecule has 0 saturated carbocycles. The van der Waals surface area contributed by atoms with Crippen molar-refractivity contribution in [3.05, 3.63) is 47.2 Å². The number of nitrogens with one attached hydrogen (secondary N) is 2. The summed E-state index contributed by atoms with van der Waals surface area (Å²) >= 11 is 2.10. The lowest BCUT2D eigenvalue weighted by Gasteiger charge is -2.28. The van der Waals surface area contributed by atoms with Crippen LogP contribution in [0.25, 0.3) is 0 Å². The van der Waals surface area contributed by atoms with Crippen LogP contribution in [-0.4, -0.2) is 23.5 Å². The molecule has 6 heteroatoms. The van der Waals surface area contributed by atoms with Crippen molar-refractivity contribution in [1.82, 2.24) is 10.6 Å². The average molecular weight is 372 g/mol. The second-order valence-corrected chi connectivity index (χ2v) is 4.72. The minimum Gasteiger partial charge on any atom is -0.466 e. The lowest BCUT2D eigenvalue weighted by Crippen LogP contribution is -2.46. The molecule has 0 saturated heterocycles. The van der Waals surface area contributed by atoms with E-state index in [0.29, 0.717) is 15.7 Å². The maximum Gasteiger partial charge on any atom is 0.338 e. The van der Waals surface area contributed by atoms with Crippen molar-refractivity contribution in [3.8, 4) is 0 Å². The molecule has 0 fully saturated rings. The van der Waals surface area contributed by atoms with Crippen LogP contribution in [0.4, 0.5) is 4.79 Å². The highest BCUT2D eigenvalue weighted by atomic mass is 127. The number of allylic oxidation sites excluding steroid dienone is 1. The van der Waals surface area contributed by atoms with Gasteiger partial charge in [0.1, 0.15) is 0 Å². The number of amides is 2. The summed E-state index contributed by atoms with van der Waals surface area (Å²) in [4.78, 5) is 23.6. The van der Waals surface area contributed by atoms with E-state index in [0.717, 1.165) is 5.56 Å². The van der Waals surface area contributed by atoms with Crippen molar-refractivity contribution in [2.45, 2.75) is 6.04 Å². The highest BCUT2D eigenvalue weighted by molar-refractivity contribution is 14.1. The number of carbonyl (C=O) groups excluding carboxylic acids is 2. The Labute approximate surface area is 124 Å².